The first-order valence-corrected chi connectivity index (χ1v) is 8.47. The van der Waals surface area contributed by atoms with Crippen LogP contribution in [0, 0.1) is 0 Å². The van der Waals surface area contributed by atoms with E-state index in [1.807, 2.05) is 24.3 Å². The van der Waals surface area contributed by atoms with Crippen molar-refractivity contribution in [3.05, 3.63) is 76.3 Å². The maximum atomic E-state index is 11.3. The molecule has 3 rings (SSSR count). The van der Waals surface area contributed by atoms with Gasteiger partial charge in [-0.25, -0.2) is 0 Å². The Hall–Kier alpha value is -2.69. The van der Waals surface area contributed by atoms with Crippen molar-refractivity contribution >= 4 is 40.5 Å². The van der Waals surface area contributed by atoms with Gasteiger partial charge in [0.25, 0.3) is 0 Å². The number of rotatable bonds is 5. The highest BCUT2D eigenvalue weighted by molar-refractivity contribution is 6.41. The van der Waals surface area contributed by atoms with E-state index in [0.29, 0.717) is 32.7 Å². The second-order valence-electron chi connectivity index (χ2n) is 5.44. The zero-order chi connectivity index (χ0) is 18.7. The maximum absolute atomic E-state index is 11.3. The van der Waals surface area contributed by atoms with Crippen molar-refractivity contribution in [3.63, 3.8) is 0 Å². The molecule has 0 atom stereocenters. The molecule has 0 spiro atoms. The van der Waals surface area contributed by atoms with Gasteiger partial charge in [-0.1, -0.05) is 65.7 Å². The molecule has 0 saturated heterocycles. The first kappa shape index (κ1) is 18.1. The third-order valence-electron chi connectivity index (χ3n) is 3.89. The zero-order valence-corrected chi connectivity index (χ0v) is 15.3. The molecule has 0 aliphatic heterocycles. The monoisotopic (exact) mass is 386 g/mol. The van der Waals surface area contributed by atoms with Crippen molar-refractivity contribution in [3.8, 4) is 16.9 Å². The Morgan fingerprint density at radius 3 is 2.38 bits per heavy atom. The third kappa shape index (κ3) is 3.47. The van der Waals surface area contributed by atoms with Gasteiger partial charge < -0.3 is 20.0 Å². The summed E-state index contributed by atoms with van der Waals surface area (Å²) in [4.78, 5) is 11.3. The molecule has 1 N–H and O–H groups in total. The van der Waals surface area contributed by atoms with Crippen molar-refractivity contribution in [1.29, 1.82) is 0 Å². The number of carboxylic acid groups (broad SMARTS) is 1. The smallest absolute Gasteiger partial charge is 0.126 e. The maximum Gasteiger partial charge on any atom is 0.126 e. The summed E-state index contributed by atoms with van der Waals surface area (Å²) < 4.78 is 5.40. The topological polar surface area (TPSA) is 61.4 Å². The van der Waals surface area contributed by atoms with Crippen molar-refractivity contribution in [2.75, 3.05) is 12.4 Å². The molecule has 132 valence electrons. The van der Waals surface area contributed by atoms with E-state index in [4.69, 9.17) is 27.9 Å². The molecule has 0 aliphatic carbocycles. The average Bonchev–Trinajstić information content (AvgIpc) is 2.65. The number of para-hydroxylation sites is 2. The highest BCUT2D eigenvalue weighted by Gasteiger charge is 2.16. The minimum absolute atomic E-state index is 0.0160. The van der Waals surface area contributed by atoms with Crippen LogP contribution in [0.4, 0.5) is 11.4 Å². The van der Waals surface area contributed by atoms with E-state index >= 15 is 0 Å². The number of aromatic carboxylic acids is 1. The van der Waals surface area contributed by atoms with Gasteiger partial charge in [-0.05, 0) is 18.2 Å². The van der Waals surface area contributed by atoms with Crippen LogP contribution < -0.4 is 15.2 Å². The third-order valence-corrected chi connectivity index (χ3v) is 4.60. The summed E-state index contributed by atoms with van der Waals surface area (Å²) in [5.74, 6) is -0.626. The van der Waals surface area contributed by atoms with Crippen LogP contribution in [0.1, 0.15) is 10.4 Å². The summed E-state index contributed by atoms with van der Waals surface area (Å²) in [6.07, 6.45) is 0. The Kier molecular flexibility index (Phi) is 5.35. The Labute approximate surface area is 161 Å². The second-order valence-corrected chi connectivity index (χ2v) is 6.23. The fourth-order valence-corrected chi connectivity index (χ4v) is 3.21. The highest BCUT2D eigenvalue weighted by Crippen LogP contribution is 2.42. The van der Waals surface area contributed by atoms with Crippen LogP contribution in [0.25, 0.3) is 11.1 Å². The Balaban J connectivity index is 2.11. The van der Waals surface area contributed by atoms with E-state index in [2.05, 4.69) is 5.32 Å². The molecule has 3 aromatic carbocycles. The number of carboxylic acids is 1. The van der Waals surface area contributed by atoms with Gasteiger partial charge in [-0.2, -0.15) is 0 Å². The number of hydrogen-bond donors (Lipinski definition) is 1. The fraction of sp³-hybridized carbons (Fsp3) is 0.0500. The van der Waals surface area contributed by atoms with Crippen molar-refractivity contribution in [2.45, 2.75) is 0 Å². The number of carbonyl (C=O) groups excluding carboxylic acids is 1. The lowest BCUT2D eigenvalue weighted by molar-refractivity contribution is -0.254. The molecule has 0 unspecified atom stereocenters. The molecular formula is C20H14Cl2NO3-. The van der Waals surface area contributed by atoms with Gasteiger partial charge in [0.1, 0.15) is 5.75 Å². The number of halogens is 2. The average molecular weight is 387 g/mol. The van der Waals surface area contributed by atoms with Crippen molar-refractivity contribution < 1.29 is 14.6 Å². The minimum Gasteiger partial charge on any atom is -0.545 e. The lowest BCUT2D eigenvalue weighted by Crippen LogP contribution is -2.23. The number of anilines is 2. The van der Waals surface area contributed by atoms with Crippen LogP contribution in [0.2, 0.25) is 10.0 Å². The molecule has 0 fully saturated rings. The molecule has 0 aromatic heterocycles. The number of benzene rings is 3. The van der Waals surface area contributed by atoms with E-state index in [1.54, 1.807) is 37.4 Å². The second kappa shape index (κ2) is 7.68. The standard InChI is InChI=1S/C20H15Cl2NO3/c1-26-17-9-5-3-6-12(17)13-10-11-15(21)19(18(13)22)23-16-8-4-2-7-14(16)20(24)25/h2-11,23H,1H3,(H,24,25)/p-1. The molecule has 0 bridgehead atoms. The van der Waals surface area contributed by atoms with Gasteiger partial charge in [0.05, 0.1) is 28.8 Å². The first-order chi connectivity index (χ1) is 12.5. The van der Waals surface area contributed by atoms with E-state index in [-0.39, 0.29) is 5.56 Å². The quantitative estimate of drug-likeness (QED) is 0.685. The van der Waals surface area contributed by atoms with Crippen LogP contribution in [0.15, 0.2) is 60.7 Å². The SMILES string of the molecule is COc1ccccc1-c1ccc(Cl)c(Nc2ccccc2C(=O)[O-])c1Cl. The number of ether oxygens (including phenoxy) is 1. The molecule has 0 radical (unpaired) electrons. The first-order valence-electron chi connectivity index (χ1n) is 7.71. The molecule has 0 saturated carbocycles. The highest BCUT2D eigenvalue weighted by atomic mass is 35.5. The molecule has 26 heavy (non-hydrogen) atoms. The molecular weight excluding hydrogens is 373 g/mol. The van der Waals surface area contributed by atoms with E-state index < -0.39 is 5.97 Å². The largest absolute Gasteiger partial charge is 0.545 e. The number of nitrogens with one attached hydrogen (secondary N) is 1. The Bertz CT molecular complexity index is 973. The van der Waals surface area contributed by atoms with Gasteiger partial charge in [-0.3, -0.25) is 0 Å². The zero-order valence-electron chi connectivity index (χ0n) is 13.8. The Morgan fingerprint density at radius 2 is 1.65 bits per heavy atom. The predicted molar refractivity (Wildman–Crippen MR) is 103 cm³/mol. The lowest BCUT2D eigenvalue weighted by atomic mass is 10.0. The fourth-order valence-electron chi connectivity index (χ4n) is 2.65. The molecule has 6 heteroatoms. The summed E-state index contributed by atoms with van der Waals surface area (Å²) in [5.41, 5.74) is 2.27. The van der Waals surface area contributed by atoms with Gasteiger partial charge >= 0.3 is 0 Å². The van der Waals surface area contributed by atoms with Gasteiger partial charge in [0.2, 0.25) is 0 Å². The summed E-state index contributed by atoms with van der Waals surface area (Å²) in [5, 5.41) is 15.1. The lowest BCUT2D eigenvalue weighted by Gasteiger charge is -2.17. The van der Waals surface area contributed by atoms with E-state index in [9.17, 15) is 9.90 Å². The number of carbonyl (C=O) groups is 1. The van der Waals surface area contributed by atoms with Crippen LogP contribution in [0.3, 0.4) is 0 Å². The summed E-state index contributed by atoms with van der Waals surface area (Å²) in [6, 6.07) is 17.3. The molecule has 3 aromatic rings. The van der Waals surface area contributed by atoms with Crippen molar-refractivity contribution in [1.82, 2.24) is 0 Å². The van der Waals surface area contributed by atoms with Gasteiger partial charge in [0, 0.05) is 22.4 Å². The van der Waals surface area contributed by atoms with Crippen LogP contribution in [-0.2, 0) is 0 Å². The molecule has 4 nitrogen and oxygen atoms in total. The van der Waals surface area contributed by atoms with E-state index in [0.717, 1.165) is 5.56 Å². The normalized spacial score (nSPS) is 10.4. The van der Waals surface area contributed by atoms with Crippen LogP contribution in [-0.4, -0.2) is 13.1 Å². The summed E-state index contributed by atoms with van der Waals surface area (Å²) in [6.45, 7) is 0. The summed E-state index contributed by atoms with van der Waals surface area (Å²) in [7, 11) is 1.58. The molecule has 0 amide bonds. The van der Waals surface area contributed by atoms with E-state index in [1.165, 1.54) is 6.07 Å². The predicted octanol–water partition coefficient (Wildman–Crippen LogP) is 4.78. The molecule has 0 heterocycles. The summed E-state index contributed by atoms with van der Waals surface area (Å²) >= 11 is 12.9. The van der Waals surface area contributed by atoms with Gasteiger partial charge in [-0.15, -0.1) is 0 Å². The van der Waals surface area contributed by atoms with Crippen molar-refractivity contribution in [2.24, 2.45) is 0 Å². The van der Waals surface area contributed by atoms with Crippen LogP contribution in [0.5, 0.6) is 5.75 Å². The van der Waals surface area contributed by atoms with Crippen LogP contribution >= 0.6 is 23.2 Å². The number of hydrogen-bond acceptors (Lipinski definition) is 4. The molecule has 0 aliphatic rings. The number of methoxy groups -OCH3 is 1. The Morgan fingerprint density at radius 1 is 0.962 bits per heavy atom. The minimum atomic E-state index is -1.29. The van der Waals surface area contributed by atoms with Gasteiger partial charge in [0.15, 0.2) is 0 Å².